The first-order valence-electron chi connectivity index (χ1n) is 7.08. The monoisotopic (exact) mass is 311 g/mol. The summed E-state index contributed by atoms with van der Waals surface area (Å²) in [7, 11) is 3.48. The Hall–Kier alpha value is -3.09. The molecular weight excluding hydrogens is 294 g/mol. The predicted octanol–water partition coefficient (Wildman–Crippen LogP) is 2.54. The SMILES string of the molecule is COc1ccc(COc2ccnc(Nc3ccnn3C)n2)cc1. The van der Waals surface area contributed by atoms with Crippen LogP contribution in [0.2, 0.25) is 0 Å². The quantitative estimate of drug-likeness (QED) is 0.754. The molecule has 0 atom stereocenters. The molecule has 2 heterocycles. The third-order valence-electron chi connectivity index (χ3n) is 3.24. The minimum absolute atomic E-state index is 0.423. The normalized spacial score (nSPS) is 10.3. The molecule has 7 heteroatoms. The minimum atomic E-state index is 0.423. The summed E-state index contributed by atoms with van der Waals surface area (Å²) in [5.41, 5.74) is 1.03. The van der Waals surface area contributed by atoms with Crippen molar-refractivity contribution in [1.82, 2.24) is 19.7 Å². The highest BCUT2D eigenvalue weighted by Crippen LogP contribution is 2.16. The van der Waals surface area contributed by atoms with E-state index in [9.17, 15) is 0 Å². The average Bonchev–Trinajstić information content (AvgIpc) is 2.99. The lowest BCUT2D eigenvalue weighted by atomic mass is 10.2. The number of hydrogen-bond acceptors (Lipinski definition) is 6. The first kappa shape index (κ1) is 14.8. The second-order valence-electron chi connectivity index (χ2n) is 4.82. The van der Waals surface area contributed by atoms with Crippen molar-refractivity contribution in [2.75, 3.05) is 12.4 Å². The minimum Gasteiger partial charge on any atom is -0.497 e. The van der Waals surface area contributed by atoms with Gasteiger partial charge >= 0.3 is 0 Å². The van der Waals surface area contributed by atoms with Crippen LogP contribution in [-0.4, -0.2) is 26.9 Å². The van der Waals surface area contributed by atoms with Gasteiger partial charge in [-0.3, -0.25) is 4.68 Å². The number of anilines is 2. The number of nitrogens with one attached hydrogen (secondary N) is 1. The Kier molecular flexibility index (Phi) is 4.37. The van der Waals surface area contributed by atoms with E-state index in [-0.39, 0.29) is 0 Å². The van der Waals surface area contributed by atoms with E-state index in [1.165, 1.54) is 0 Å². The summed E-state index contributed by atoms with van der Waals surface area (Å²) < 4.78 is 12.5. The van der Waals surface area contributed by atoms with E-state index < -0.39 is 0 Å². The Morgan fingerprint density at radius 2 is 1.91 bits per heavy atom. The number of aryl methyl sites for hydroxylation is 1. The van der Waals surface area contributed by atoms with Gasteiger partial charge in [0.15, 0.2) is 0 Å². The van der Waals surface area contributed by atoms with E-state index in [1.807, 2.05) is 37.4 Å². The van der Waals surface area contributed by atoms with Crippen molar-refractivity contribution in [3.63, 3.8) is 0 Å². The summed E-state index contributed by atoms with van der Waals surface area (Å²) in [5, 5.41) is 7.17. The lowest BCUT2D eigenvalue weighted by Crippen LogP contribution is -2.04. The lowest BCUT2D eigenvalue weighted by Gasteiger charge is -2.08. The van der Waals surface area contributed by atoms with Crippen molar-refractivity contribution in [1.29, 1.82) is 0 Å². The molecular formula is C16H17N5O2. The second-order valence-corrected chi connectivity index (χ2v) is 4.82. The number of aromatic nitrogens is 4. The Labute approximate surface area is 133 Å². The molecule has 0 aliphatic rings. The van der Waals surface area contributed by atoms with Gasteiger partial charge in [0.2, 0.25) is 11.8 Å². The molecule has 118 valence electrons. The molecule has 1 N–H and O–H groups in total. The standard InChI is InChI=1S/C16H17N5O2/c1-21-14(7-10-18-21)19-16-17-9-8-15(20-16)23-11-12-3-5-13(22-2)6-4-12/h3-10H,11H2,1-2H3,(H,17,19,20). The zero-order valence-corrected chi connectivity index (χ0v) is 12.9. The average molecular weight is 311 g/mol. The van der Waals surface area contributed by atoms with E-state index in [0.717, 1.165) is 17.1 Å². The third-order valence-corrected chi connectivity index (χ3v) is 3.24. The molecule has 0 aliphatic carbocycles. The van der Waals surface area contributed by atoms with Crippen LogP contribution in [-0.2, 0) is 13.7 Å². The van der Waals surface area contributed by atoms with Gasteiger partial charge in [-0.25, -0.2) is 4.98 Å². The van der Waals surface area contributed by atoms with Crippen LogP contribution in [0.4, 0.5) is 11.8 Å². The number of benzene rings is 1. The van der Waals surface area contributed by atoms with Crippen LogP contribution < -0.4 is 14.8 Å². The molecule has 3 rings (SSSR count). The van der Waals surface area contributed by atoms with Crippen molar-refractivity contribution in [2.24, 2.45) is 7.05 Å². The maximum atomic E-state index is 5.70. The largest absolute Gasteiger partial charge is 0.497 e. The van der Waals surface area contributed by atoms with Crippen LogP contribution in [0.3, 0.4) is 0 Å². The van der Waals surface area contributed by atoms with Crippen LogP contribution in [0.5, 0.6) is 11.6 Å². The Morgan fingerprint density at radius 3 is 2.61 bits per heavy atom. The van der Waals surface area contributed by atoms with Crippen LogP contribution >= 0.6 is 0 Å². The third kappa shape index (κ3) is 3.76. The van der Waals surface area contributed by atoms with Crippen molar-refractivity contribution < 1.29 is 9.47 Å². The van der Waals surface area contributed by atoms with Gasteiger partial charge in [0.05, 0.1) is 13.3 Å². The molecule has 0 spiro atoms. The van der Waals surface area contributed by atoms with Crippen LogP contribution in [0.25, 0.3) is 0 Å². The summed E-state index contributed by atoms with van der Waals surface area (Å²) >= 11 is 0. The summed E-state index contributed by atoms with van der Waals surface area (Å²) in [6, 6.07) is 11.3. The number of hydrogen-bond donors (Lipinski definition) is 1. The summed E-state index contributed by atoms with van der Waals surface area (Å²) in [5.74, 6) is 2.58. The number of ether oxygens (including phenoxy) is 2. The summed E-state index contributed by atoms with van der Waals surface area (Å²) in [4.78, 5) is 8.50. The van der Waals surface area contributed by atoms with Gasteiger partial charge in [-0.05, 0) is 17.7 Å². The van der Waals surface area contributed by atoms with E-state index >= 15 is 0 Å². The Balaban J connectivity index is 1.64. The molecule has 0 unspecified atom stereocenters. The van der Waals surface area contributed by atoms with Gasteiger partial charge in [-0.2, -0.15) is 10.1 Å². The van der Waals surface area contributed by atoms with E-state index in [0.29, 0.717) is 18.4 Å². The molecule has 0 radical (unpaired) electrons. The van der Waals surface area contributed by atoms with Crippen LogP contribution in [0.1, 0.15) is 5.56 Å². The van der Waals surface area contributed by atoms with Crippen LogP contribution in [0.15, 0.2) is 48.8 Å². The summed E-state index contributed by atoms with van der Waals surface area (Å²) in [6.07, 6.45) is 3.35. The van der Waals surface area contributed by atoms with Gasteiger partial charge in [0, 0.05) is 25.4 Å². The molecule has 0 fully saturated rings. The van der Waals surface area contributed by atoms with Crippen molar-refractivity contribution in [3.05, 3.63) is 54.4 Å². The summed E-state index contributed by atoms with van der Waals surface area (Å²) in [6.45, 7) is 0.423. The van der Waals surface area contributed by atoms with E-state index in [2.05, 4.69) is 20.4 Å². The molecule has 0 saturated heterocycles. The first-order valence-corrected chi connectivity index (χ1v) is 7.08. The molecule has 3 aromatic rings. The fourth-order valence-corrected chi connectivity index (χ4v) is 1.97. The van der Waals surface area contributed by atoms with Crippen molar-refractivity contribution in [3.8, 4) is 11.6 Å². The highest BCUT2D eigenvalue weighted by Gasteiger charge is 2.04. The fraction of sp³-hybridized carbons (Fsp3) is 0.188. The van der Waals surface area contributed by atoms with E-state index in [4.69, 9.17) is 9.47 Å². The van der Waals surface area contributed by atoms with E-state index in [1.54, 1.807) is 30.3 Å². The molecule has 7 nitrogen and oxygen atoms in total. The smallest absolute Gasteiger partial charge is 0.231 e. The van der Waals surface area contributed by atoms with Crippen molar-refractivity contribution in [2.45, 2.75) is 6.61 Å². The lowest BCUT2D eigenvalue weighted by molar-refractivity contribution is 0.293. The molecule has 0 bridgehead atoms. The Bertz CT molecular complexity index is 770. The molecule has 2 aromatic heterocycles. The zero-order chi connectivity index (χ0) is 16.1. The predicted molar refractivity (Wildman–Crippen MR) is 85.8 cm³/mol. The zero-order valence-electron chi connectivity index (χ0n) is 12.9. The van der Waals surface area contributed by atoms with Gasteiger partial charge in [0.1, 0.15) is 18.2 Å². The van der Waals surface area contributed by atoms with Gasteiger partial charge in [0.25, 0.3) is 0 Å². The molecule has 0 saturated carbocycles. The van der Waals surface area contributed by atoms with Gasteiger partial charge in [-0.15, -0.1) is 0 Å². The topological polar surface area (TPSA) is 74.1 Å². The van der Waals surface area contributed by atoms with Gasteiger partial charge in [-0.1, -0.05) is 12.1 Å². The maximum Gasteiger partial charge on any atom is 0.231 e. The van der Waals surface area contributed by atoms with Crippen molar-refractivity contribution >= 4 is 11.8 Å². The molecule has 23 heavy (non-hydrogen) atoms. The molecule has 0 amide bonds. The molecule has 1 aromatic carbocycles. The number of rotatable bonds is 6. The first-order chi connectivity index (χ1) is 11.2. The second kappa shape index (κ2) is 6.78. The number of methoxy groups -OCH3 is 1. The van der Waals surface area contributed by atoms with Gasteiger partial charge < -0.3 is 14.8 Å². The highest BCUT2D eigenvalue weighted by molar-refractivity contribution is 5.47. The maximum absolute atomic E-state index is 5.70. The fourth-order valence-electron chi connectivity index (χ4n) is 1.97. The Morgan fingerprint density at radius 1 is 1.09 bits per heavy atom. The number of nitrogens with zero attached hydrogens (tertiary/aromatic N) is 4. The molecule has 0 aliphatic heterocycles. The van der Waals surface area contributed by atoms with Crippen LogP contribution in [0, 0.1) is 0 Å². The highest BCUT2D eigenvalue weighted by atomic mass is 16.5.